The summed E-state index contributed by atoms with van der Waals surface area (Å²) in [5.41, 5.74) is 0.977. The van der Waals surface area contributed by atoms with Gasteiger partial charge in [0.05, 0.1) is 7.11 Å². The van der Waals surface area contributed by atoms with E-state index in [1.165, 1.54) is 7.11 Å². The third kappa shape index (κ3) is 2.06. The average Bonchev–Trinajstić information content (AvgIpc) is 2.90. The van der Waals surface area contributed by atoms with Crippen molar-refractivity contribution >= 4 is 11.6 Å². The number of nitrogens with zero attached hydrogens (tertiary/aromatic N) is 3. The van der Waals surface area contributed by atoms with Crippen LogP contribution in [-0.2, 0) is 0 Å². The van der Waals surface area contributed by atoms with Crippen molar-refractivity contribution in [3.05, 3.63) is 60.0 Å². The summed E-state index contributed by atoms with van der Waals surface area (Å²) in [6.07, 6.45) is 3.42. The molecule has 0 fully saturated rings. The third-order valence-corrected chi connectivity index (χ3v) is 2.78. The summed E-state index contributed by atoms with van der Waals surface area (Å²) in [6.45, 7) is 0. The Bertz CT molecular complexity index is 735. The molecule has 0 N–H and O–H groups in total. The first-order valence-electron chi connectivity index (χ1n) is 5.77. The molecule has 0 saturated carbocycles. The molecule has 5 heteroatoms. The van der Waals surface area contributed by atoms with E-state index in [0.717, 1.165) is 0 Å². The molecular weight excluding hydrogens is 242 g/mol. The molecule has 0 atom stereocenters. The van der Waals surface area contributed by atoms with Crippen LogP contribution in [0, 0.1) is 0 Å². The Kier molecular flexibility index (Phi) is 2.72. The predicted molar refractivity (Wildman–Crippen MR) is 69.4 cm³/mol. The number of ether oxygens (including phenoxy) is 1. The van der Waals surface area contributed by atoms with E-state index in [1.807, 2.05) is 18.2 Å². The van der Waals surface area contributed by atoms with Gasteiger partial charge in [-0.15, -0.1) is 0 Å². The van der Waals surface area contributed by atoms with Crippen molar-refractivity contribution in [1.82, 2.24) is 14.4 Å². The Morgan fingerprint density at radius 3 is 2.68 bits per heavy atom. The van der Waals surface area contributed by atoms with Gasteiger partial charge in [-0.05, 0) is 0 Å². The van der Waals surface area contributed by atoms with Crippen molar-refractivity contribution in [3.63, 3.8) is 0 Å². The first-order chi connectivity index (χ1) is 9.28. The van der Waals surface area contributed by atoms with E-state index < -0.39 is 0 Å². The van der Waals surface area contributed by atoms with Gasteiger partial charge in [0.2, 0.25) is 17.4 Å². The molecule has 0 unspecified atom stereocenters. The fourth-order valence-corrected chi connectivity index (χ4v) is 1.82. The van der Waals surface area contributed by atoms with Gasteiger partial charge in [0.25, 0.3) is 0 Å². The van der Waals surface area contributed by atoms with E-state index in [1.54, 1.807) is 35.0 Å². The van der Waals surface area contributed by atoms with E-state index in [0.29, 0.717) is 22.9 Å². The topological polar surface area (TPSA) is 56.5 Å². The molecule has 0 aliphatic rings. The SMILES string of the molecule is COc1ccn2cc(C(=O)c3ccccc3)nc2n1. The van der Waals surface area contributed by atoms with Crippen LogP contribution in [0.4, 0.5) is 0 Å². The second-order valence-corrected chi connectivity index (χ2v) is 4.00. The molecule has 0 saturated heterocycles. The number of ketones is 1. The van der Waals surface area contributed by atoms with Gasteiger partial charge in [-0.2, -0.15) is 4.98 Å². The number of methoxy groups -OCH3 is 1. The van der Waals surface area contributed by atoms with E-state index in [9.17, 15) is 4.79 Å². The minimum atomic E-state index is -0.120. The number of carbonyl (C=O) groups is 1. The lowest BCUT2D eigenvalue weighted by Gasteiger charge is -1.96. The van der Waals surface area contributed by atoms with Crippen LogP contribution in [0.25, 0.3) is 5.78 Å². The normalized spacial score (nSPS) is 10.6. The van der Waals surface area contributed by atoms with Crippen molar-refractivity contribution in [3.8, 4) is 5.88 Å². The molecule has 2 heterocycles. The fourth-order valence-electron chi connectivity index (χ4n) is 1.82. The van der Waals surface area contributed by atoms with Crippen LogP contribution in [0.1, 0.15) is 16.1 Å². The van der Waals surface area contributed by atoms with Crippen LogP contribution in [0.15, 0.2) is 48.8 Å². The lowest BCUT2D eigenvalue weighted by atomic mass is 10.1. The minimum absolute atomic E-state index is 0.120. The summed E-state index contributed by atoms with van der Waals surface area (Å²) in [6, 6.07) is 10.8. The molecule has 0 spiro atoms. The minimum Gasteiger partial charge on any atom is -0.481 e. The Morgan fingerprint density at radius 1 is 1.16 bits per heavy atom. The van der Waals surface area contributed by atoms with Gasteiger partial charge in [0.1, 0.15) is 5.69 Å². The monoisotopic (exact) mass is 253 g/mol. The number of carbonyl (C=O) groups excluding carboxylic acids is 1. The van der Waals surface area contributed by atoms with Crippen LogP contribution in [0.3, 0.4) is 0 Å². The lowest BCUT2D eigenvalue weighted by Crippen LogP contribution is -2.00. The number of imidazole rings is 1. The molecular formula is C14H11N3O2. The van der Waals surface area contributed by atoms with Crippen molar-refractivity contribution < 1.29 is 9.53 Å². The standard InChI is InChI=1S/C14H11N3O2/c1-19-12-7-8-17-9-11(15-14(17)16-12)13(18)10-5-3-2-4-6-10/h2-9H,1H3. The molecule has 1 aromatic carbocycles. The third-order valence-electron chi connectivity index (χ3n) is 2.78. The van der Waals surface area contributed by atoms with Gasteiger partial charge >= 0.3 is 0 Å². The summed E-state index contributed by atoms with van der Waals surface area (Å²) < 4.78 is 6.72. The van der Waals surface area contributed by atoms with Crippen LogP contribution in [0.5, 0.6) is 5.88 Å². The second kappa shape index (κ2) is 4.53. The fraction of sp³-hybridized carbons (Fsp3) is 0.0714. The van der Waals surface area contributed by atoms with E-state index in [-0.39, 0.29) is 5.78 Å². The Morgan fingerprint density at radius 2 is 1.95 bits per heavy atom. The molecule has 0 amide bonds. The maximum atomic E-state index is 12.2. The van der Waals surface area contributed by atoms with Crippen LogP contribution in [-0.4, -0.2) is 27.3 Å². The number of aromatic nitrogens is 3. The van der Waals surface area contributed by atoms with Crippen molar-refractivity contribution in [2.75, 3.05) is 7.11 Å². The van der Waals surface area contributed by atoms with Gasteiger partial charge in [0, 0.05) is 24.0 Å². The van der Waals surface area contributed by atoms with Gasteiger partial charge in [-0.25, -0.2) is 4.98 Å². The largest absolute Gasteiger partial charge is 0.481 e. The van der Waals surface area contributed by atoms with Gasteiger partial charge in [-0.3, -0.25) is 9.20 Å². The van der Waals surface area contributed by atoms with Crippen LogP contribution in [0.2, 0.25) is 0 Å². The lowest BCUT2D eigenvalue weighted by molar-refractivity contribution is 0.103. The maximum absolute atomic E-state index is 12.2. The molecule has 0 bridgehead atoms. The molecule has 2 aromatic heterocycles. The summed E-state index contributed by atoms with van der Waals surface area (Å²) in [7, 11) is 1.54. The Labute approximate surface area is 109 Å². The van der Waals surface area contributed by atoms with Crippen molar-refractivity contribution in [2.24, 2.45) is 0 Å². The summed E-state index contributed by atoms with van der Waals surface area (Å²) in [4.78, 5) is 20.6. The highest BCUT2D eigenvalue weighted by Gasteiger charge is 2.13. The second-order valence-electron chi connectivity index (χ2n) is 4.00. The molecule has 3 rings (SSSR count). The number of fused-ring (bicyclic) bond motifs is 1. The van der Waals surface area contributed by atoms with Crippen LogP contribution < -0.4 is 4.74 Å². The maximum Gasteiger partial charge on any atom is 0.237 e. The van der Waals surface area contributed by atoms with Gasteiger partial charge in [0.15, 0.2) is 0 Å². The highest BCUT2D eigenvalue weighted by Crippen LogP contribution is 2.12. The summed E-state index contributed by atoms with van der Waals surface area (Å²) in [5.74, 6) is 0.792. The quantitative estimate of drug-likeness (QED) is 0.670. The number of rotatable bonds is 3. The van der Waals surface area contributed by atoms with E-state index in [4.69, 9.17) is 4.74 Å². The molecule has 0 aliphatic heterocycles. The molecule has 19 heavy (non-hydrogen) atoms. The highest BCUT2D eigenvalue weighted by molar-refractivity contribution is 6.07. The molecule has 94 valence electrons. The Balaban J connectivity index is 2.04. The molecule has 5 nitrogen and oxygen atoms in total. The predicted octanol–water partition coefficient (Wildman–Crippen LogP) is 1.97. The molecule has 0 radical (unpaired) electrons. The van der Waals surface area contributed by atoms with E-state index >= 15 is 0 Å². The number of hydrogen-bond acceptors (Lipinski definition) is 4. The van der Waals surface area contributed by atoms with Crippen LogP contribution >= 0.6 is 0 Å². The first-order valence-corrected chi connectivity index (χ1v) is 5.77. The zero-order chi connectivity index (χ0) is 13.2. The van der Waals surface area contributed by atoms with Gasteiger partial charge < -0.3 is 4.74 Å². The average molecular weight is 253 g/mol. The summed E-state index contributed by atoms with van der Waals surface area (Å²) >= 11 is 0. The highest BCUT2D eigenvalue weighted by atomic mass is 16.5. The first kappa shape index (κ1) is 11.4. The van der Waals surface area contributed by atoms with Crippen molar-refractivity contribution in [2.45, 2.75) is 0 Å². The molecule has 3 aromatic rings. The smallest absolute Gasteiger partial charge is 0.237 e. The molecule has 0 aliphatic carbocycles. The number of hydrogen-bond donors (Lipinski definition) is 0. The zero-order valence-electron chi connectivity index (χ0n) is 10.3. The van der Waals surface area contributed by atoms with Crippen molar-refractivity contribution in [1.29, 1.82) is 0 Å². The Hall–Kier alpha value is -2.69. The van der Waals surface area contributed by atoms with Gasteiger partial charge in [-0.1, -0.05) is 30.3 Å². The zero-order valence-corrected chi connectivity index (χ0v) is 10.3. The number of benzene rings is 1. The van der Waals surface area contributed by atoms with E-state index in [2.05, 4.69) is 9.97 Å². The summed E-state index contributed by atoms with van der Waals surface area (Å²) in [5, 5.41) is 0.